The number of anilines is 2. The maximum atomic E-state index is 12.7. The highest BCUT2D eigenvalue weighted by Gasteiger charge is 2.63. The molecule has 3 aromatic heterocycles. The molecule has 3 N–H and O–H groups in total. The number of esters is 1. The summed E-state index contributed by atoms with van der Waals surface area (Å²) in [6.45, 7) is 9.47. The first-order valence-electron chi connectivity index (χ1n) is 14.0. The second-order valence-corrected chi connectivity index (χ2v) is 14.9. The van der Waals surface area contributed by atoms with Gasteiger partial charge in [-0.3, -0.25) is 0 Å². The molecule has 3 atom stereocenters. The van der Waals surface area contributed by atoms with E-state index in [-0.39, 0.29) is 18.0 Å². The van der Waals surface area contributed by atoms with Gasteiger partial charge in [0.15, 0.2) is 0 Å². The van der Waals surface area contributed by atoms with Gasteiger partial charge in [0, 0.05) is 37.7 Å². The Labute approximate surface area is 246 Å². The molecule has 1 fully saturated rings. The molecule has 12 heteroatoms. The fourth-order valence-corrected chi connectivity index (χ4v) is 6.43. The number of nitrogens with zero attached hydrogens (tertiary/aromatic N) is 3. The van der Waals surface area contributed by atoms with Crippen molar-refractivity contribution in [2.45, 2.75) is 81.8 Å². The van der Waals surface area contributed by atoms with Crippen LogP contribution >= 0.6 is 0 Å². The Bertz CT molecular complexity index is 1650. The molecule has 3 aromatic rings. The SMILES string of the molecule is COCC(C)(N)c1cnc(O[C@H](C)C[C@@H](C)S(C)(=O)=O)c2cnc(Nc3ccc4c(n3)C3(CC3)C(C)(C)OC4=O)cc12. The van der Waals surface area contributed by atoms with Crippen LogP contribution in [-0.2, 0) is 30.3 Å². The van der Waals surface area contributed by atoms with E-state index >= 15 is 0 Å². The van der Waals surface area contributed by atoms with Crippen molar-refractivity contribution in [3.63, 3.8) is 0 Å². The molecule has 42 heavy (non-hydrogen) atoms. The number of methoxy groups -OCH3 is 1. The zero-order valence-corrected chi connectivity index (χ0v) is 26.0. The van der Waals surface area contributed by atoms with Gasteiger partial charge in [0.05, 0.1) is 45.6 Å². The van der Waals surface area contributed by atoms with E-state index in [1.165, 1.54) is 6.26 Å². The maximum Gasteiger partial charge on any atom is 0.340 e. The molecule has 1 saturated carbocycles. The van der Waals surface area contributed by atoms with Gasteiger partial charge in [0.2, 0.25) is 5.88 Å². The lowest BCUT2D eigenvalue weighted by Crippen LogP contribution is -2.46. The van der Waals surface area contributed by atoms with Crippen molar-refractivity contribution in [1.82, 2.24) is 15.0 Å². The molecule has 4 heterocycles. The smallest absolute Gasteiger partial charge is 0.340 e. The number of carbonyl (C=O) groups excluding carboxylic acids is 1. The summed E-state index contributed by atoms with van der Waals surface area (Å²) in [6, 6.07) is 5.35. The molecule has 0 radical (unpaired) electrons. The number of rotatable bonds is 10. The minimum atomic E-state index is -3.20. The summed E-state index contributed by atoms with van der Waals surface area (Å²) in [5.41, 5.74) is 6.85. The third-order valence-corrected chi connectivity index (χ3v) is 10.2. The minimum absolute atomic E-state index is 0.248. The van der Waals surface area contributed by atoms with Gasteiger partial charge >= 0.3 is 5.97 Å². The molecule has 0 bridgehead atoms. The van der Waals surface area contributed by atoms with Gasteiger partial charge in [-0.05, 0) is 71.0 Å². The van der Waals surface area contributed by atoms with E-state index in [4.69, 9.17) is 24.9 Å². The third-order valence-electron chi connectivity index (χ3n) is 8.58. The molecule has 0 amide bonds. The maximum absolute atomic E-state index is 12.7. The lowest BCUT2D eigenvalue weighted by Gasteiger charge is -2.39. The summed E-state index contributed by atoms with van der Waals surface area (Å²) in [5, 5.41) is 4.11. The van der Waals surface area contributed by atoms with E-state index in [0.717, 1.165) is 29.5 Å². The zero-order valence-electron chi connectivity index (χ0n) is 25.1. The summed E-state index contributed by atoms with van der Waals surface area (Å²) < 4.78 is 41.2. The lowest BCUT2D eigenvalue weighted by molar-refractivity contribution is -0.0285. The second-order valence-electron chi connectivity index (χ2n) is 12.4. The molecule has 2 aliphatic rings. The fraction of sp³-hybridized carbons (Fsp3) is 0.533. The van der Waals surface area contributed by atoms with E-state index in [0.29, 0.717) is 34.9 Å². The van der Waals surface area contributed by atoms with E-state index in [1.54, 1.807) is 38.6 Å². The largest absolute Gasteiger partial charge is 0.474 e. The Hall–Kier alpha value is -3.35. The first-order valence-corrected chi connectivity index (χ1v) is 16.0. The van der Waals surface area contributed by atoms with E-state index in [1.807, 2.05) is 33.8 Å². The predicted molar refractivity (Wildman–Crippen MR) is 160 cm³/mol. The van der Waals surface area contributed by atoms with Crippen molar-refractivity contribution in [3.05, 3.63) is 47.4 Å². The van der Waals surface area contributed by atoms with Crippen LogP contribution in [0.5, 0.6) is 5.88 Å². The van der Waals surface area contributed by atoms with Gasteiger partial charge in [-0.2, -0.15) is 0 Å². The number of hydrogen-bond donors (Lipinski definition) is 2. The zero-order chi connectivity index (χ0) is 30.7. The van der Waals surface area contributed by atoms with Gasteiger partial charge in [0.1, 0.15) is 27.1 Å². The molecule has 1 unspecified atom stereocenters. The van der Waals surface area contributed by atoms with Crippen molar-refractivity contribution in [3.8, 4) is 5.88 Å². The average Bonchev–Trinajstić information content (AvgIpc) is 3.69. The highest BCUT2D eigenvalue weighted by Crippen LogP contribution is 2.59. The number of nitrogens with one attached hydrogen (secondary N) is 1. The summed E-state index contributed by atoms with van der Waals surface area (Å²) >= 11 is 0. The van der Waals surface area contributed by atoms with Gasteiger partial charge in [-0.15, -0.1) is 0 Å². The molecular weight excluding hydrogens is 558 g/mol. The molecule has 1 aliphatic carbocycles. The summed E-state index contributed by atoms with van der Waals surface area (Å²) in [5.74, 6) is 1.04. The van der Waals surface area contributed by atoms with Crippen LogP contribution in [0.4, 0.5) is 11.6 Å². The fourth-order valence-electron chi connectivity index (χ4n) is 5.81. The highest BCUT2D eigenvalue weighted by atomic mass is 32.2. The van der Waals surface area contributed by atoms with E-state index in [9.17, 15) is 13.2 Å². The molecule has 11 nitrogen and oxygen atoms in total. The summed E-state index contributed by atoms with van der Waals surface area (Å²) in [7, 11) is -1.62. The molecule has 5 rings (SSSR count). The minimum Gasteiger partial charge on any atom is -0.474 e. The van der Waals surface area contributed by atoms with Crippen LogP contribution in [0.25, 0.3) is 10.8 Å². The molecule has 0 saturated heterocycles. The number of sulfone groups is 1. The van der Waals surface area contributed by atoms with Gasteiger partial charge < -0.3 is 25.3 Å². The molecule has 0 aromatic carbocycles. The van der Waals surface area contributed by atoms with Crippen molar-refractivity contribution >= 4 is 38.2 Å². The number of hydrogen-bond acceptors (Lipinski definition) is 11. The topological polar surface area (TPSA) is 156 Å². The Morgan fingerprint density at radius 1 is 1.14 bits per heavy atom. The Kier molecular flexibility index (Phi) is 7.48. The molecule has 1 spiro atoms. The van der Waals surface area contributed by atoms with Crippen LogP contribution in [0.2, 0.25) is 0 Å². The number of aromatic nitrogens is 3. The van der Waals surface area contributed by atoms with Crippen LogP contribution in [0.15, 0.2) is 30.6 Å². The van der Waals surface area contributed by atoms with Gasteiger partial charge in [-0.25, -0.2) is 28.2 Å². The Balaban J connectivity index is 1.51. The monoisotopic (exact) mass is 597 g/mol. The van der Waals surface area contributed by atoms with Crippen LogP contribution in [-0.4, -0.2) is 66.3 Å². The first kappa shape index (κ1) is 30.1. The average molecular weight is 598 g/mol. The number of carbonyl (C=O) groups is 1. The third kappa shape index (κ3) is 5.43. The second kappa shape index (κ2) is 10.4. The quantitative estimate of drug-likeness (QED) is 0.324. The van der Waals surface area contributed by atoms with E-state index in [2.05, 4.69) is 15.3 Å². The van der Waals surface area contributed by atoms with Crippen LogP contribution in [0, 0.1) is 0 Å². The van der Waals surface area contributed by atoms with Gasteiger partial charge in [0.25, 0.3) is 0 Å². The Morgan fingerprint density at radius 3 is 2.50 bits per heavy atom. The number of pyridine rings is 3. The predicted octanol–water partition coefficient (Wildman–Crippen LogP) is 4.16. The first-order chi connectivity index (χ1) is 19.6. The lowest BCUT2D eigenvalue weighted by atomic mass is 9.80. The van der Waals surface area contributed by atoms with Crippen LogP contribution < -0.4 is 15.8 Å². The summed E-state index contributed by atoms with van der Waals surface area (Å²) in [6.07, 6.45) is 6.24. The highest BCUT2D eigenvalue weighted by molar-refractivity contribution is 7.91. The number of cyclic esters (lactones) is 1. The van der Waals surface area contributed by atoms with Crippen molar-refractivity contribution in [2.75, 3.05) is 25.3 Å². The van der Waals surface area contributed by atoms with Crippen molar-refractivity contribution < 1.29 is 27.4 Å². The van der Waals surface area contributed by atoms with Crippen LogP contribution in [0.3, 0.4) is 0 Å². The normalized spacial score (nSPS) is 19.9. The molecule has 1 aliphatic heterocycles. The number of ether oxygens (including phenoxy) is 3. The number of nitrogens with two attached hydrogens (primary N) is 1. The van der Waals surface area contributed by atoms with Crippen LogP contribution in [0.1, 0.15) is 75.5 Å². The molecule has 226 valence electrons. The number of fused-ring (bicyclic) bond motifs is 3. The van der Waals surface area contributed by atoms with Crippen molar-refractivity contribution in [1.29, 1.82) is 0 Å². The van der Waals surface area contributed by atoms with Crippen molar-refractivity contribution in [2.24, 2.45) is 5.73 Å². The molecular formula is C30H39N5O6S. The van der Waals surface area contributed by atoms with Gasteiger partial charge in [-0.1, -0.05) is 0 Å². The summed E-state index contributed by atoms with van der Waals surface area (Å²) in [4.78, 5) is 26.7. The van der Waals surface area contributed by atoms with E-state index < -0.39 is 32.3 Å². The Morgan fingerprint density at radius 2 is 1.86 bits per heavy atom. The standard InChI is InChI=1S/C30H39N5O6S/c1-17(12-18(2)42(7,37)38)40-26-21-14-32-24(13-20(21)22(15-33-26)29(5,31)16-39-6)34-23-9-8-19-25(35-23)30(10-11-30)28(3,4)41-27(19)36/h8-9,13-15,17-18H,10-12,16,31H2,1-7H3,(H,32,34,35)/t17-,18-,29?/m1/s1.